The van der Waals surface area contributed by atoms with Gasteiger partial charge < -0.3 is 24.9 Å². The highest BCUT2D eigenvalue weighted by Gasteiger charge is 2.37. The largest absolute Gasteiger partial charge is 0.478 e. The molecule has 2 fully saturated rings. The molecule has 5 heterocycles. The molecule has 13 heteroatoms. The van der Waals surface area contributed by atoms with Gasteiger partial charge in [0.2, 0.25) is 0 Å². The van der Waals surface area contributed by atoms with Gasteiger partial charge in [-0.1, -0.05) is 90.5 Å². The van der Waals surface area contributed by atoms with Crippen LogP contribution in [0.3, 0.4) is 0 Å². The molecule has 9 rings (SSSR count). The standard InChI is InChI=1S/C41H36Cl3N7O3/c42-25-11-12-28(30(44)19-25)37-29-18-26(43)20-31-33(29)34(38-35(46-22-51(37)38)23-7-3-1-4-8-23)36(47-31)40(52)48-32-17-24(41(53)54)21-45-39(32)50-15-13-49(14-16-50)27-9-5-2-6-10-27/h1,3-4,7-8,11-12,17-22,27,37,47H,2,5-6,9-10,13-16H2,(H,48,52)(H,53,54)/t37-/m1/s1. The van der Waals surface area contributed by atoms with E-state index in [1.807, 2.05) is 47.0 Å². The number of aromatic amines is 1. The highest BCUT2D eigenvalue weighted by atomic mass is 35.5. The topological polar surface area (TPSA) is 119 Å². The number of piperazine rings is 1. The molecular weight excluding hydrogens is 745 g/mol. The summed E-state index contributed by atoms with van der Waals surface area (Å²) in [7, 11) is 0. The molecule has 1 saturated heterocycles. The van der Waals surface area contributed by atoms with Gasteiger partial charge in [0.15, 0.2) is 5.82 Å². The zero-order valence-electron chi connectivity index (χ0n) is 29.2. The predicted octanol–water partition coefficient (Wildman–Crippen LogP) is 9.41. The van der Waals surface area contributed by atoms with E-state index >= 15 is 0 Å². The monoisotopic (exact) mass is 779 g/mol. The quantitative estimate of drug-likeness (QED) is 0.148. The molecule has 0 unspecified atom stereocenters. The molecule has 10 nitrogen and oxygen atoms in total. The summed E-state index contributed by atoms with van der Waals surface area (Å²) in [5, 5.41) is 15.3. The molecule has 6 aromatic rings. The zero-order valence-corrected chi connectivity index (χ0v) is 31.4. The average molecular weight is 781 g/mol. The van der Waals surface area contributed by atoms with Crippen molar-refractivity contribution >= 4 is 69.1 Å². The van der Waals surface area contributed by atoms with E-state index in [4.69, 9.17) is 39.8 Å². The van der Waals surface area contributed by atoms with Crippen LogP contribution in [0.15, 0.2) is 79.3 Å². The van der Waals surface area contributed by atoms with Crippen molar-refractivity contribution in [1.29, 1.82) is 0 Å². The molecule has 274 valence electrons. The molecule has 1 saturated carbocycles. The minimum Gasteiger partial charge on any atom is -0.478 e. The molecule has 2 aliphatic heterocycles. The van der Waals surface area contributed by atoms with Crippen LogP contribution >= 0.6 is 34.8 Å². The van der Waals surface area contributed by atoms with Crippen molar-refractivity contribution in [2.75, 3.05) is 36.4 Å². The fourth-order valence-electron chi connectivity index (χ4n) is 8.60. The van der Waals surface area contributed by atoms with Crippen molar-refractivity contribution in [2.45, 2.75) is 44.2 Å². The van der Waals surface area contributed by atoms with Gasteiger partial charge in [-0.2, -0.15) is 0 Å². The second-order valence-corrected chi connectivity index (χ2v) is 15.5. The molecule has 1 aliphatic carbocycles. The number of amides is 1. The molecule has 54 heavy (non-hydrogen) atoms. The number of hydrogen-bond donors (Lipinski definition) is 3. The molecule has 3 aliphatic rings. The Labute approximate surface area is 326 Å². The number of fused-ring (bicyclic) bond motifs is 2. The van der Waals surface area contributed by atoms with Gasteiger partial charge in [0.1, 0.15) is 5.69 Å². The van der Waals surface area contributed by atoms with Crippen molar-refractivity contribution in [1.82, 2.24) is 24.4 Å². The number of halogens is 3. The molecule has 1 atom stereocenters. The number of aromatic nitrogens is 4. The van der Waals surface area contributed by atoms with E-state index in [0.717, 1.165) is 40.9 Å². The average Bonchev–Trinajstić information content (AvgIpc) is 3.79. The van der Waals surface area contributed by atoms with Crippen molar-refractivity contribution in [3.8, 4) is 22.5 Å². The summed E-state index contributed by atoms with van der Waals surface area (Å²) in [6, 6.07) is 20.6. The first kappa shape index (κ1) is 34.9. The number of hydrogen-bond acceptors (Lipinski definition) is 6. The number of carbonyl (C=O) groups is 2. The smallest absolute Gasteiger partial charge is 0.337 e. The van der Waals surface area contributed by atoms with E-state index in [2.05, 4.69) is 25.1 Å². The Bertz CT molecular complexity index is 2430. The van der Waals surface area contributed by atoms with Crippen LogP contribution in [0.5, 0.6) is 0 Å². The number of anilines is 2. The van der Waals surface area contributed by atoms with Gasteiger partial charge in [-0.15, -0.1) is 0 Å². The Balaban J connectivity index is 1.16. The van der Waals surface area contributed by atoms with Crippen LogP contribution in [0.1, 0.15) is 70.1 Å². The van der Waals surface area contributed by atoms with Gasteiger partial charge >= 0.3 is 5.97 Å². The zero-order chi connectivity index (χ0) is 37.1. The second kappa shape index (κ2) is 14.1. The summed E-state index contributed by atoms with van der Waals surface area (Å²) < 4.78 is 2.03. The lowest BCUT2D eigenvalue weighted by atomic mass is 9.87. The molecule has 0 radical (unpaired) electrons. The first-order chi connectivity index (χ1) is 26.2. The Morgan fingerprint density at radius 3 is 2.37 bits per heavy atom. The number of nitrogens with zero attached hydrogens (tertiary/aromatic N) is 5. The second-order valence-electron chi connectivity index (χ2n) is 14.2. The van der Waals surface area contributed by atoms with Crippen LogP contribution in [0, 0.1) is 0 Å². The number of benzene rings is 3. The third-order valence-electron chi connectivity index (χ3n) is 11.1. The number of carbonyl (C=O) groups excluding carboxylic acids is 1. The Hall–Kier alpha value is -4.87. The molecule has 3 N–H and O–H groups in total. The maximum atomic E-state index is 14.7. The lowest BCUT2D eigenvalue weighted by Gasteiger charge is -2.41. The Morgan fingerprint density at radius 2 is 1.63 bits per heavy atom. The molecule has 0 bridgehead atoms. The van der Waals surface area contributed by atoms with Crippen LogP contribution in [0.25, 0.3) is 33.4 Å². The molecule has 3 aromatic heterocycles. The lowest BCUT2D eigenvalue weighted by molar-refractivity contribution is 0.0696. The van der Waals surface area contributed by atoms with Crippen LogP contribution in [-0.4, -0.2) is 73.6 Å². The summed E-state index contributed by atoms with van der Waals surface area (Å²) in [5.74, 6) is -1.04. The van der Waals surface area contributed by atoms with E-state index < -0.39 is 17.9 Å². The van der Waals surface area contributed by atoms with Gasteiger partial charge in [0, 0.05) is 75.5 Å². The number of H-pyrrole nitrogens is 1. The van der Waals surface area contributed by atoms with E-state index in [1.54, 1.807) is 24.5 Å². The van der Waals surface area contributed by atoms with Crippen LogP contribution in [0.2, 0.25) is 15.1 Å². The SMILES string of the molecule is O=C(O)c1cnc(N2CCN(C3CCCCC3)CC2)c(NC(=O)c2[nH]c3cc(Cl)cc4c3c2-c2c(-c3ccccc3)ncn2[C@@H]4c2ccc(Cl)cc2Cl)c1. The third-order valence-corrected chi connectivity index (χ3v) is 11.9. The van der Waals surface area contributed by atoms with Crippen LogP contribution < -0.4 is 10.2 Å². The number of carboxylic acid groups (broad SMARTS) is 1. The van der Waals surface area contributed by atoms with Gasteiger partial charge in [-0.3, -0.25) is 9.69 Å². The summed E-state index contributed by atoms with van der Waals surface area (Å²) in [4.78, 5) is 44.5. The minimum absolute atomic E-state index is 0.0194. The highest BCUT2D eigenvalue weighted by Crippen LogP contribution is 2.51. The van der Waals surface area contributed by atoms with Crippen molar-refractivity contribution in [3.63, 3.8) is 0 Å². The predicted molar refractivity (Wildman–Crippen MR) is 213 cm³/mol. The van der Waals surface area contributed by atoms with Crippen LogP contribution in [0.4, 0.5) is 11.5 Å². The Kier molecular flexibility index (Phi) is 9.09. The molecule has 1 amide bonds. The molecule has 0 spiro atoms. The maximum Gasteiger partial charge on any atom is 0.337 e. The summed E-state index contributed by atoms with van der Waals surface area (Å²) in [5.41, 5.74) is 5.82. The van der Waals surface area contributed by atoms with E-state index in [0.29, 0.717) is 62.5 Å². The Morgan fingerprint density at radius 1 is 0.852 bits per heavy atom. The van der Waals surface area contributed by atoms with Gasteiger partial charge in [-0.05, 0) is 54.3 Å². The highest BCUT2D eigenvalue weighted by molar-refractivity contribution is 6.35. The summed E-state index contributed by atoms with van der Waals surface area (Å²) in [6.07, 6.45) is 9.42. The van der Waals surface area contributed by atoms with Gasteiger partial charge in [-0.25, -0.2) is 14.8 Å². The van der Waals surface area contributed by atoms with Crippen LogP contribution in [-0.2, 0) is 0 Å². The number of pyridine rings is 1. The molecule has 3 aromatic carbocycles. The number of imidazole rings is 1. The van der Waals surface area contributed by atoms with Crippen molar-refractivity contribution in [3.05, 3.63) is 117 Å². The van der Waals surface area contributed by atoms with Gasteiger partial charge in [0.05, 0.1) is 35.0 Å². The maximum absolute atomic E-state index is 14.7. The van der Waals surface area contributed by atoms with Gasteiger partial charge in [0.25, 0.3) is 5.91 Å². The first-order valence-electron chi connectivity index (χ1n) is 18.2. The minimum atomic E-state index is -1.13. The van der Waals surface area contributed by atoms with Crippen molar-refractivity contribution < 1.29 is 14.7 Å². The van der Waals surface area contributed by atoms with Crippen molar-refractivity contribution in [2.24, 2.45) is 0 Å². The summed E-state index contributed by atoms with van der Waals surface area (Å²) >= 11 is 20.0. The summed E-state index contributed by atoms with van der Waals surface area (Å²) in [6.45, 7) is 3.18. The molecular formula is C41H36Cl3N7O3. The normalized spacial score (nSPS) is 17.5. The first-order valence-corrected chi connectivity index (χ1v) is 19.3. The van der Waals surface area contributed by atoms with E-state index in [-0.39, 0.29) is 11.3 Å². The fraction of sp³-hybridized carbons (Fsp3) is 0.268. The van der Waals surface area contributed by atoms with E-state index in [9.17, 15) is 14.7 Å². The number of rotatable bonds is 7. The number of nitrogens with one attached hydrogen (secondary N) is 2. The fourth-order valence-corrected chi connectivity index (χ4v) is 9.34. The lowest BCUT2D eigenvalue weighted by Crippen LogP contribution is -2.51. The number of aromatic carboxylic acids is 1. The third kappa shape index (κ3) is 6.11. The number of carboxylic acids is 1. The van der Waals surface area contributed by atoms with E-state index in [1.165, 1.54) is 44.4 Å².